The highest BCUT2D eigenvalue weighted by molar-refractivity contribution is 6.30. The molecule has 2 aromatic rings. The van der Waals surface area contributed by atoms with Gasteiger partial charge in [0.1, 0.15) is 11.8 Å². The van der Waals surface area contributed by atoms with Crippen molar-refractivity contribution in [3.63, 3.8) is 0 Å². The second-order valence-corrected chi connectivity index (χ2v) is 8.17. The van der Waals surface area contributed by atoms with Crippen LogP contribution in [0, 0.1) is 6.92 Å². The standard InChI is InChI=1S/C25H33ClN2O3/c1-4-5-16-27-25(30)20(3)28(18-21-10-12-22(26)13-11-21)24(29)7-6-17-31-23-14-8-19(2)9-15-23/h8-15,20H,4-7,16-18H2,1-3H3,(H,27,30). The number of rotatable bonds is 12. The minimum Gasteiger partial charge on any atom is -0.494 e. The third-order valence-electron chi connectivity index (χ3n) is 5.09. The molecule has 168 valence electrons. The Kier molecular flexibility index (Phi) is 10.4. The van der Waals surface area contributed by atoms with Crippen molar-refractivity contribution in [3.05, 3.63) is 64.7 Å². The maximum Gasteiger partial charge on any atom is 0.242 e. The van der Waals surface area contributed by atoms with Gasteiger partial charge in [-0.2, -0.15) is 0 Å². The van der Waals surface area contributed by atoms with E-state index in [0.717, 1.165) is 24.2 Å². The molecule has 0 aliphatic heterocycles. The largest absolute Gasteiger partial charge is 0.494 e. The number of hydrogen-bond donors (Lipinski definition) is 1. The highest BCUT2D eigenvalue weighted by Crippen LogP contribution is 2.16. The molecule has 0 saturated heterocycles. The number of carbonyl (C=O) groups is 2. The van der Waals surface area contributed by atoms with E-state index in [9.17, 15) is 9.59 Å². The first-order valence-corrected chi connectivity index (χ1v) is 11.3. The molecule has 0 aliphatic rings. The third kappa shape index (κ3) is 8.62. The number of carbonyl (C=O) groups excluding carboxylic acids is 2. The Morgan fingerprint density at radius 1 is 1.06 bits per heavy atom. The van der Waals surface area contributed by atoms with Crippen molar-refractivity contribution < 1.29 is 14.3 Å². The van der Waals surface area contributed by atoms with Gasteiger partial charge in [0, 0.05) is 24.5 Å². The summed E-state index contributed by atoms with van der Waals surface area (Å²) in [7, 11) is 0. The first kappa shape index (κ1) is 24.7. The van der Waals surface area contributed by atoms with Gasteiger partial charge in [-0.05, 0) is 56.5 Å². The molecule has 1 N–H and O–H groups in total. The van der Waals surface area contributed by atoms with Crippen LogP contribution in [0.3, 0.4) is 0 Å². The number of ether oxygens (including phenoxy) is 1. The van der Waals surface area contributed by atoms with Gasteiger partial charge in [0.25, 0.3) is 0 Å². The number of hydrogen-bond acceptors (Lipinski definition) is 3. The van der Waals surface area contributed by atoms with Crippen LogP contribution in [0.1, 0.15) is 50.7 Å². The molecule has 0 heterocycles. The van der Waals surface area contributed by atoms with E-state index in [-0.39, 0.29) is 11.8 Å². The van der Waals surface area contributed by atoms with E-state index in [0.29, 0.717) is 37.6 Å². The normalized spacial score (nSPS) is 11.6. The lowest BCUT2D eigenvalue weighted by atomic mass is 10.1. The lowest BCUT2D eigenvalue weighted by molar-refractivity contribution is -0.140. The predicted molar refractivity (Wildman–Crippen MR) is 125 cm³/mol. The lowest BCUT2D eigenvalue weighted by Gasteiger charge is -2.29. The van der Waals surface area contributed by atoms with Crippen LogP contribution in [0.2, 0.25) is 5.02 Å². The zero-order valence-electron chi connectivity index (χ0n) is 18.7. The zero-order valence-corrected chi connectivity index (χ0v) is 19.5. The van der Waals surface area contributed by atoms with Crippen molar-refractivity contribution in [2.45, 2.75) is 59.0 Å². The molecule has 0 radical (unpaired) electrons. The van der Waals surface area contributed by atoms with Gasteiger partial charge in [0.15, 0.2) is 0 Å². The second kappa shape index (κ2) is 13.0. The highest BCUT2D eigenvalue weighted by Gasteiger charge is 2.25. The molecule has 2 rings (SSSR count). The zero-order chi connectivity index (χ0) is 22.6. The molecule has 5 nitrogen and oxygen atoms in total. The summed E-state index contributed by atoms with van der Waals surface area (Å²) in [5.41, 5.74) is 2.11. The van der Waals surface area contributed by atoms with Crippen LogP contribution in [-0.4, -0.2) is 35.9 Å². The first-order chi connectivity index (χ1) is 14.9. The fourth-order valence-corrected chi connectivity index (χ4v) is 3.22. The van der Waals surface area contributed by atoms with Crippen LogP contribution < -0.4 is 10.1 Å². The van der Waals surface area contributed by atoms with Crippen LogP contribution in [0.5, 0.6) is 5.75 Å². The third-order valence-corrected chi connectivity index (χ3v) is 5.34. The predicted octanol–water partition coefficient (Wildman–Crippen LogP) is 5.14. The smallest absolute Gasteiger partial charge is 0.242 e. The SMILES string of the molecule is CCCCNC(=O)C(C)N(Cc1ccc(Cl)cc1)C(=O)CCCOc1ccc(C)cc1. The van der Waals surface area contributed by atoms with Gasteiger partial charge in [-0.25, -0.2) is 0 Å². The number of benzene rings is 2. The Morgan fingerprint density at radius 2 is 1.74 bits per heavy atom. The van der Waals surface area contributed by atoms with Crippen molar-refractivity contribution in [3.8, 4) is 5.75 Å². The summed E-state index contributed by atoms with van der Waals surface area (Å²) >= 11 is 5.98. The summed E-state index contributed by atoms with van der Waals surface area (Å²) in [5.74, 6) is 0.590. The van der Waals surface area contributed by atoms with Crippen molar-refractivity contribution in [2.75, 3.05) is 13.2 Å². The van der Waals surface area contributed by atoms with Crippen molar-refractivity contribution in [1.82, 2.24) is 10.2 Å². The van der Waals surface area contributed by atoms with Gasteiger partial charge in [-0.15, -0.1) is 0 Å². The summed E-state index contributed by atoms with van der Waals surface area (Å²) < 4.78 is 5.73. The average molecular weight is 445 g/mol. The van der Waals surface area contributed by atoms with Crippen molar-refractivity contribution in [2.24, 2.45) is 0 Å². The van der Waals surface area contributed by atoms with E-state index in [2.05, 4.69) is 12.2 Å². The minimum absolute atomic E-state index is 0.0689. The first-order valence-electron chi connectivity index (χ1n) is 10.9. The van der Waals surface area contributed by atoms with Crippen LogP contribution in [0.25, 0.3) is 0 Å². The number of halogens is 1. The molecule has 0 fully saturated rings. The van der Waals surface area contributed by atoms with Crippen LogP contribution >= 0.6 is 11.6 Å². The number of nitrogens with one attached hydrogen (secondary N) is 1. The van der Waals surface area contributed by atoms with Gasteiger partial charge in [-0.3, -0.25) is 9.59 Å². The average Bonchev–Trinajstić information content (AvgIpc) is 2.77. The van der Waals surface area contributed by atoms with Crippen molar-refractivity contribution >= 4 is 23.4 Å². The van der Waals surface area contributed by atoms with Gasteiger partial charge in [0.2, 0.25) is 11.8 Å². The molecule has 31 heavy (non-hydrogen) atoms. The topological polar surface area (TPSA) is 58.6 Å². The quantitative estimate of drug-likeness (QED) is 0.461. The number of aryl methyl sites for hydroxylation is 1. The minimum atomic E-state index is -0.557. The molecule has 0 aliphatic carbocycles. The molecule has 2 aromatic carbocycles. The summed E-state index contributed by atoms with van der Waals surface area (Å²) in [6.45, 7) is 7.30. The van der Waals surface area contributed by atoms with Crippen molar-refractivity contribution in [1.29, 1.82) is 0 Å². The van der Waals surface area contributed by atoms with Crippen LogP contribution in [0.4, 0.5) is 0 Å². The number of amides is 2. The Bertz CT molecular complexity index is 822. The molecule has 2 amide bonds. The summed E-state index contributed by atoms with van der Waals surface area (Å²) in [4.78, 5) is 27.2. The summed E-state index contributed by atoms with van der Waals surface area (Å²) in [5, 5.41) is 3.57. The number of nitrogens with zero attached hydrogens (tertiary/aromatic N) is 1. The molecule has 1 atom stereocenters. The molecule has 0 bridgehead atoms. The van der Waals surface area contributed by atoms with E-state index in [4.69, 9.17) is 16.3 Å². The molecule has 0 spiro atoms. The van der Waals surface area contributed by atoms with Crippen LogP contribution in [0.15, 0.2) is 48.5 Å². The Labute approximate surface area is 190 Å². The molecular formula is C25H33ClN2O3. The van der Waals surface area contributed by atoms with E-state index in [1.165, 1.54) is 5.56 Å². The molecule has 0 aromatic heterocycles. The lowest BCUT2D eigenvalue weighted by Crippen LogP contribution is -2.47. The van der Waals surface area contributed by atoms with E-state index in [1.54, 1.807) is 24.0 Å². The van der Waals surface area contributed by atoms with E-state index in [1.807, 2.05) is 43.3 Å². The second-order valence-electron chi connectivity index (χ2n) is 7.73. The fourth-order valence-electron chi connectivity index (χ4n) is 3.10. The van der Waals surface area contributed by atoms with E-state index < -0.39 is 6.04 Å². The maximum absolute atomic E-state index is 13.0. The number of unbranched alkanes of at least 4 members (excludes halogenated alkanes) is 1. The Morgan fingerprint density at radius 3 is 2.39 bits per heavy atom. The van der Waals surface area contributed by atoms with Gasteiger partial charge >= 0.3 is 0 Å². The summed E-state index contributed by atoms with van der Waals surface area (Å²) in [6.07, 6.45) is 2.81. The molecular weight excluding hydrogens is 412 g/mol. The Balaban J connectivity index is 1.96. The molecule has 0 saturated carbocycles. The van der Waals surface area contributed by atoms with Crippen LogP contribution in [-0.2, 0) is 16.1 Å². The highest BCUT2D eigenvalue weighted by atomic mass is 35.5. The maximum atomic E-state index is 13.0. The monoisotopic (exact) mass is 444 g/mol. The fraction of sp³-hybridized carbons (Fsp3) is 0.440. The van der Waals surface area contributed by atoms with Gasteiger partial charge in [0.05, 0.1) is 6.61 Å². The van der Waals surface area contributed by atoms with Gasteiger partial charge in [-0.1, -0.05) is 54.8 Å². The molecule has 1 unspecified atom stereocenters. The summed E-state index contributed by atoms with van der Waals surface area (Å²) in [6, 6.07) is 14.6. The van der Waals surface area contributed by atoms with Gasteiger partial charge < -0.3 is 15.0 Å². The van der Waals surface area contributed by atoms with E-state index >= 15 is 0 Å². The Hall–Kier alpha value is -2.53. The molecule has 6 heteroatoms.